The highest BCUT2D eigenvalue weighted by molar-refractivity contribution is 7.09. The van der Waals surface area contributed by atoms with Gasteiger partial charge in [0, 0.05) is 29.4 Å². The summed E-state index contributed by atoms with van der Waals surface area (Å²) >= 11 is 7.28. The van der Waals surface area contributed by atoms with E-state index in [2.05, 4.69) is 49.3 Å². The maximum atomic E-state index is 5.85. The summed E-state index contributed by atoms with van der Waals surface area (Å²) in [6.07, 6.45) is 0.932. The van der Waals surface area contributed by atoms with Gasteiger partial charge in [-0.15, -0.1) is 11.6 Å². The summed E-state index contributed by atoms with van der Waals surface area (Å²) in [7, 11) is 0. The Hall–Kier alpha value is -0.350. The Morgan fingerprint density at radius 2 is 2.00 bits per heavy atom. The maximum absolute atomic E-state index is 5.85. The Morgan fingerprint density at radius 1 is 1.35 bits per heavy atom. The first-order chi connectivity index (χ1) is 7.84. The molecule has 98 valence electrons. The van der Waals surface area contributed by atoms with Gasteiger partial charge in [0.05, 0.1) is 0 Å². The van der Waals surface area contributed by atoms with Gasteiger partial charge in [-0.25, -0.2) is 4.98 Å². The summed E-state index contributed by atoms with van der Waals surface area (Å²) in [6, 6.07) is 0.327. The molecule has 1 N–H and O–H groups in total. The van der Waals surface area contributed by atoms with Crippen molar-refractivity contribution in [2.45, 2.75) is 53.0 Å². The second-order valence-electron chi connectivity index (χ2n) is 5.65. The molecule has 17 heavy (non-hydrogen) atoms. The van der Waals surface area contributed by atoms with Crippen molar-refractivity contribution < 1.29 is 0 Å². The number of hydrogen-bond donors (Lipinski definition) is 1. The van der Waals surface area contributed by atoms with Crippen LogP contribution in [0.1, 0.15) is 52.8 Å². The fourth-order valence-corrected chi connectivity index (χ4v) is 2.49. The van der Waals surface area contributed by atoms with Crippen LogP contribution in [0.15, 0.2) is 0 Å². The van der Waals surface area contributed by atoms with E-state index in [0.29, 0.717) is 17.8 Å². The van der Waals surface area contributed by atoms with E-state index >= 15 is 0 Å². The highest BCUT2D eigenvalue weighted by atomic mass is 35.5. The summed E-state index contributed by atoms with van der Waals surface area (Å²) in [4.78, 5) is 4.50. The van der Waals surface area contributed by atoms with Gasteiger partial charge in [-0.05, 0) is 11.8 Å². The molecule has 0 aliphatic carbocycles. The van der Waals surface area contributed by atoms with Crippen molar-refractivity contribution in [3.63, 3.8) is 0 Å². The fourth-order valence-electron chi connectivity index (χ4n) is 1.51. The summed E-state index contributed by atoms with van der Waals surface area (Å²) in [5, 5.41) is 4.36. The minimum absolute atomic E-state index is 0.165. The standard InChI is InChI=1S/C12H22ClN3S/c1-8(2)10-15-11(17-16-10)14-9(6-7-13)12(3,4)5/h8-9H,6-7H2,1-5H3,(H,14,15,16). The summed E-state index contributed by atoms with van der Waals surface area (Å²) in [5.74, 6) is 1.95. The van der Waals surface area contributed by atoms with Crippen LogP contribution >= 0.6 is 23.1 Å². The van der Waals surface area contributed by atoms with Gasteiger partial charge in [-0.1, -0.05) is 34.6 Å². The van der Waals surface area contributed by atoms with Crippen molar-refractivity contribution in [3.05, 3.63) is 5.82 Å². The van der Waals surface area contributed by atoms with Gasteiger partial charge >= 0.3 is 0 Å². The molecule has 0 aliphatic rings. The summed E-state index contributed by atoms with van der Waals surface area (Å²) < 4.78 is 4.35. The van der Waals surface area contributed by atoms with E-state index in [9.17, 15) is 0 Å². The summed E-state index contributed by atoms with van der Waals surface area (Å²) in [6.45, 7) is 10.8. The van der Waals surface area contributed by atoms with Crippen molar-refractivity contribution in [1.82, 2.24) is 9.36 Å². The molecule has 1 heterocycles. The number of nitrogens with zero attached hydrogens (tertiary/aromatic N) is 2. The normalized spacial score (nSPS) is 14.1. The Labute approximate surface area is 113 Å². The zero-order valence-electron chi connectivity index (χ0n) is 11.2. The van der Waals surface area contributed by atoms with E-state index < -0.39 is 0 Å². The van der Waals surface area contributed by atoms with Crippen molar-refractivity contribution >= 4 is 28.3 Å². The Morgan fingerprint density at radius 3 is 2.41 bits per heavy atom. The third-order valence-corrected chi connectivity index (χ3v) is 3.58. The monoisotopic (exact) mass is 275 g/mol. The van der Waals surface area contributed by atoms with Crippen molar-refractivity contribution in [2.75, 3.05) is 11.2 Å². The van der Waals surface area contributed by atoms with Crippen LogP contribution in [0.25, 0.3) is 0 Å². The molecule has 0 aliphatic heterocycles. The lowest BCUT2D eigenvalue weighted by Gasteiger charge is -2.30. The molecule has 0 saturated heterocycles. The van der Waals surface area contributed by atoms with Gasteiger partial charge in [-0.2, -0.15) is 4.37 Å². The number of anilines is 1. The SMILES string of the molecule is CC(C)c1nsc(NC(CCCl)C(C)(C)C)n1. The van der Waals surface area contributed by atoms with E-state index in [4.69, 9.17) is 11.6 Å². The number of alkyl halides is 1. The molecule has 0 spiro atoms. The molecule has 1 rings (SSSR count). The van der Waals surface area contributed by atoms with Crippen LogP contribution in [0.5, 0.6) is 0 Å². The fraction of sp³-hybridized carbons (Fsp3) is 0.833. The van der Waals surface area contributed by atoms with Gasteiger partial charge in [-0.3, -0.25) is 0 Å². The first-order valence-electron chi connectivity index (χ1n) is 6.00. The lowest BCUT2D eigenvalue weighted by Crippen LogP contribution is -2.34. The van der Waals surface area contributed by atoms with E-state index in [0.717, 1.165) is 17.4 Å². The van der Waals surface area contributed by atoms with Crippen molar-refractivity contribution in [2.24, 2.45) is 5.41 Å². The molecule has 3 nitrogen and oxygen atoms in total. The minimum atomic E-state index is 0.165. The molecule has 0 aromatic carbocycles. The lowest BCUT2D eigenvalue weighted by molar-refractivity contribution is 0.334. The first-order valence-corrected chi connectivity index (χ1v) is 7.31. The average molecular weight is 276 g/mol. The molecule has 1 atom stereocenters. The Balaban J connectivity index is 2.72. The van der Waals surface area contributed by atoms with Crippen LogP contribution in [-0.2, 0) is 0 Å². The van der Waals surface area contributed by atoms with Crippen LogP contribution in [-0.4, -0.2) is 21.3 Å². The van der Waals surface area contributed by atoms with Crippen LogP contribution < -0.4 is 5.32 Å². The second kappa shape index (κ2) is 6.01. The van der Waals surface area contributed by atoms with Gasteiger partial charge in [0.25, 0.3) is 0 Å². The lowest BCUT2D eigenvalue weighted by atomic mass is 9.85. The van der Waals surface area contributed by atoms with Crippen LogP contribution in [0.4, 0.5) is 5.13 Å². The minimum Gasteiger partial charge on any atom is -0.357 e. The van der Waals surface area contributed by atoms with Gasteiger partial charge < -0.3 is 5.32 Å². The van der Waals surface area contributed by atoms with Crippen LogP contribution in [0.2, 0.25) is 0 Å². The van der Waals surface area contributed by atoms with E-state index in [1.807, 2.05) is 0 Å². The third kappa shape index (κ3) is 4.43. The number of halogens is 1. The molecule has 5 heteroatoms. The topological polar surface area (TPSA) is 37.8 Å². The molecular formula is C12H22ClN3S. The molecule has 0 bridgehead atoms. The predicted octanol–water partition coefficient (Wildman–Crippen LogP) is 4.12. The first kappa shape index (κ1) is 14.7. The van der Waals surface area contributed by atoms with E-state index in [1.54, 1.807) is 0 Å². The second-order valence-corrected chi connectivity index (χ2v) is 6.78. The molecule has 1 unspecified atom stereocenters. The van der Waals surface area contributed by atoms with Crippen molar-refractivity contribution in [3.8, 4) is 0 Å². The van der Waals surface area contributed by atoms with Crippen LogP contribution in [0.3, 0.4) is 0 Å². The Bertz CT molecular complexity index is 344. The molecule has 0 fully saturated rings. The largest absolute Gasteiger partial charge is 0.357 e. The molecule has 1 aromatic heterocycles. The van der Waals surface area contributed by atoms with Gasteiger partial charge in [0.1, 0.15) is 5.82 Å². The van der Waals surface area contributed by atoms with Gasteiger partial charge in [0.15, 0.2) is 0 Å². The number of aromatic nitrogens is 2. The molecule has 0 amide bonds. The Kier molecular flexibility index (Phi) is 5.20. The molecule has 0 saturated carbocycles. The average Bonchev–Trinajstić information content (AvgIpc) is 2.64. The third-order valence-electron chi connectivity index (χ3n) is 2.70. The maximum Gasteiger partial charge on any atom is 0.202 e. The van der Waals surface area contributed by atoms with Crippen LogP contribution in [0, 0.1) is 5.41 Å². The van der Waals surface area contributed by atoms with Gasteiger partial charge in [0.2, 0.25) is 5.13 Å². The zero-order valence-corrected chi connectivity index (χ0v) is 12.8. The highest BCUT2D eigenvalue weighted by Crippen LogP contribution is 2.27. The quantitative estimate of drug-likeness (QED) is 0.822. The zero-order chi connectivity index (χ0) is 13.1. The summed E-state index contributed by atoms with van der Waals surface area (Å²) in [5.41, 5.74) is 0.165. The molecular weight excluding hydrogens is 254 g/mol. The smallest absolute Gasteiger partial charge is 0.202 e. The van der Waals surface area contributed by atoms with E-state index in [-0.39, 0.29) is 5.41 Å². The highest BCUT2D eigenvalue weighted by Gasteiger charge is 2.25. The van der Waals surface area contributed by atoms with Crippen molar-refractivity contribution in [1.29, 1.82) is 0 Å². The predicted molar refractivity (Wildman–Crippen MR) is 76.2 cm³/mol. The number of nitrogens with one attached hydrogen (secondary N) is 1. The number of hydrogen-bond acceptors (Lipinski definition) is 4. The van der Waals surface area contributed by atoms with E-state index in [1.165, 1.54) is 11.5 Å². The molecule has 1 aromatic rings. The number of rotatable bonds is 5. The molecule has 0 radical (unpaired) electrons.